The van der Waals surface area contributed by atoms with Gasteiger partial charge < -0.3 is 10.2 Å². The van der Waals surface area contributed by atoms with E-state index in [1.807, 2.05) is 6.07 Å². The van der Waals surface area contributed by atoms with Gasteiger partial charge in [0.15, 0.2) is 0 Å². The number of aromatic hydroxyl groups is 2. The number of unbranched alkanes of at least 4 members (excludes halogenated alkanes) is 10. The van der Waals surface area contributed by atoms with Crippen LogP contribution in [0.2, 0.25) is 0 Å². The Morgan fingerprint density at radius 2 is 0.833 bits per heavy atom. The lowest BCUT2D eigenvalue weighted by molar-refractivity contribution is 0.422. The van der Waals surface area contributed by atoms with Crippen LogP contribution in [0.5, 0.6) is 11.5 Å². The molecule has 2 rings (SSSR count). The summed E-state index contributed by atoms with van der Waals surface area (Å²) >= 11 is 0. The highest BCUT2D eigenvalue weighted by molar-refractivity contribution is 5.50. The van der Waals surface area contributed by atoms with Crippen molar-refractivity contribution in [1.29, 1.82) is 0 Å². The van der Waals surface area contributed by atoms with Crippen LogP contribution < -0.4 is 0 Å². The monoisotopic (exact) mass is 581 g/mol. The fourth-order valence-electron chi connectivity index (χ4n) is 5.52. The van der Waals surface area contributed by atoms with E-state index in [0.717, 1.165) is 29.5 Å². The van der Waals surface area contributed by atoms with Crippen LogP contribution >= 0.6 is 0 Å². The van der Waals surface area contributed by atoms with E-state index in [1.54, 1.807) is 0 Å². The molecule has 0 radical (unpaired) electrons. The second-order valence-electron chi connectivity index (χ2n) is 15.7. The van der Waals surface area contributed by atoms with Gasteiger partial charge in [-0.25, -0.2) is 0 Å². The second-order valence-corrected chi connectivity index (χ2v) is 15.7. The summed E-state index contributed by atoms with van der Waals surface area (Å²) in [7, 11) is 0. The molecule has 2 heteroatoms. The van der Waals surface area contributed by atoms with Crippen molar-refractivity contribution in [2.24, 2.45) is 0 Å². The molecule has 0 saturated heterocycles. The van der Waals surface area contributed by atoms with Gasteiger partial charge in [0.05, 0.1) is 0 Å². The number of phenolic OH excluding ortho intramolecular Hbond substituents is 2. The molecule has 0 aliphatic carbocycles. The lowest BCUT2D eigenvalue weighted by Crippen LogP contribution is -2.17. The Morgan fingerprint density at radius 3 is 1.26 bits per heavy atom. The number of hydrogen-bond donors (Lipinski definition) is 2. The highest BCUT2D eigenvalue weighted by atomic mass is 16.3. The Hall–Kier alpha value is -1.96. The van der Waals surface area contributed by atoms with Gasteiger partial charge >= 0.3 is 0 Å². The summed E-state index contributed by atoms with van der Waals surface area (Å²) in [5.41, 5.74) is 5.91. The van der Waals surface area contributed by atoms with Crippen molar-refractivity contribution in [3.63, 3.8) is 0 Å². The van der Waals surface area contributed by atoms with Gasteiger partial charge in [-0.15, -0.1) is 0 Å². The van der Waals surface area contributed by atoms with Crippen LogP contribution in [0.4, 0.5) is 0 Å². The predicted octanol–water partition coefficient (Wildman–Crippen LogP) is 12.5. The number of aryl methyl sites for hydroxylation is 2. The minimum absolute atomic E-state index is 0.0118. The molecule has 0 fully saturated rings. The fourth-order valence-corrected chi connectivity index (χ4v) is 5.52. The van der Waals surface area contributed by atoms with E-state index in [4.69, 9.17) is 0 Å². The van der Waals surface area contributed by atoms with E-state index in [-0.39, 0.29) is 16.2 Å². The number of phenols is 2. The summed E-state index contributed by atoms with van der Waals surface area (Å²) in [5, 5.41) is 20.6. The van der Waals surface area contributed by atoms with Gasteiger partial charge in [0.1, 0.15) is 11.5 Å². The maximum Gasteiger partial charge on any atom is 0.123 e. The second kappa shape index (κ2) is 18.0. The molecule has 0 atom stereocenters. The molecule has 0 saturated carbocycles. The molecular weight excluding hydrogens is 512 g/mol. The standard InChI is InChI=1S/C22H38O.C18H30O/c1-5-6-7-8-9-10-11-12-13-14-15-19-16-17-21(23)20(18-19)22(2,3)4;1-8-9-10-13-11-14(17(2,3)4)16(19)15(12-13)18(5,6)7/h16-18,23H,5-15H2,1-4H3;11-12,19H,8-10H2,1-7H3. The van der Waals surface area contributed by atoms with Crippen molar-refractivity contribution in [1.82, 2.24) is 0 Å². The topological polar surface area (TPSA) is 40.5 Å². The molecule has 0 heterocycles. The molecule has 2 aromatic rings. The van der Waals surface area contributed by atoms with Crippen molar-refractivity contribution in [3.05, 3.63) is 58.1 Å². The van der Waals surface area contributed by atoms with Crippen LogP contribution in [0.1, 0.15) is 181 Å². The minimum atomic E-state index is -0.0215. The van der Waals surface area contributed by atoms with E-state index < -0.39 is 0 Å². The quantitative estimate of drug-likeness (QED) is 0.218. The maximum absolute atomic E-state index is 10.6. The normalized spacial score (nSPS) is 12.3. The van der Waals surface area contributed by atoms with Gasteiger partial charge in [-0.1, -0.05) is 165 Å². The van der Waals surface area contributed by atoms with Crippen LogP contribution in [-0.2, 0) is 29.1 Å². The van der Waals surface area contributed by atoms with Crippen molar-refractivity contribution in [2.45, 2.75) is 182 Å². The first kappa shape index (κ1) is 38.1. The van der Waals surface area contributed by atoms with Crippen LogP contribution in [0.3, 0.4) is 0 Å². The van der Waals surface area contributed by atoms with Crippen molar-refractivity contribution < 1.29 is 10.2 Å². The summed E-state index contributed by atoms with van der Waals surface area (Å²) in [6.45, 7) is 24.0. The SMILES string of the molecule is CCCCCCCCCCCCc1ccc(O)c(C(C)(C)C)c1.CCCCc1cc(C(C)(C)C)c(O)c(C(C)(C)C)c1. The molecule has 2 aromatic carbocycles. The Balaban J connectivity index is 0.000000428. The highest BCUT2D eigenvalue weighted by Gasteiger charge is 2.26. The Kier molecular flexibility index (Phi) is 16.3. The lowest BCUT2D eigenvalue weighted by Gasteiger charge is -2.28. The first-order valence-electron chi connectivity index (χ1n) is 17.2. The summed E-state index contributed by atoms with van der Waals surface area (Å²) in [6.07, 6.45) is 18.5. The van der Waals surface area contributed by atoms with E-state index >= 15 is 0 Å². The predicted molar refractivity (Wildman–Crippen MR) is 186 cm³/mol. The zero-order valence-electron chi connectivity index (χ0n) is 29.7. The van der Waals surface area contributed by atoms with Gasteiger partial charge in [-0.3, -0.25) is 0 Å². The van der Waals surface area contributed by atoms with Crippen molar-refractivity contribution >= 4 is 0 Å². The van der Waals surface area contributed by atoms with Gasteiger partial charge in [0, 0.05) is 0 Å². The molecule has 0 unspecified atom stereocenters. The van der Waals surface area contributed by atoms with Crippen molar-refractivity contribution in [3.8, 4) is 11.5 Å². The van der Waals surface area contributed by atoms with E-state index in [0.29, 0.717) is 11.5 Å². The van der Waals surface area contributed by atoms with Crippen LogP contribution in [0, 0.1) is 0 Å². The average molecular weight is 581 g/mol. The Labute approximate surface area is 261 Å². The third kappa shape index (κ3) is 14.0. The number of benzene rings is 2. The van der Waals surface area contributed by atoms with Crippen LogP contribution in [0.15, 0.2) is 30.3 Å². The van der Waals surface area contributed by atoms with Crippen LogP contribution in [-0.4, -0.2) is 10.2 Å². The average Bonchev–Trinajstić information content (AvgIpc) is 2.88. The van der Waals surface area contributed by atoms with Crippen molar-refractivity contribution in [2.75, 3.05) is 0 Å². The molecule has 0 aromatic heterocycles. The molecule has 0 aliphatic heterocycles. The molecule has 42 heavy (non-hydrogen) atoms. The summed E-state index contributed by atoms with van der Waals surface area (Å²) in [4.78, 5) is 0. The third-order valence-electron chi connectivity index (χ3n) is 8.29. The van der Waals surface area contributed by atoms with E-state index in [2.05, 4.69) is 100 Å². The minimum Gasteiger partial charge on any atom is -0.508 e. The molecule has 0 amide bonds. The number of hydrogen-bond acceptors (Lipinski definition) is 2. The molecule has 2 nitrogen and oxygen atoms in total. The van der Waals surface area contributed by atoms with E-state index in [9.17, 15) is 10.2 Å². The molecule has 2 N–H and O–H groups in total. The van der Waals surface area contributed by atoms with Crippen LogP contribution in [0.25, 0.3) is 0 Å². The zero-order valence-corrected chi connectivity index (χ0v) is 29.7. The summed E-state index contributed by atoms with van der Waals surface area (Å²) in [6, 6.07) is 10.5. The lowest BCUT2D eigenvalue weighted by atomic mass is 9.78. The summed E-state index contributed by atoms with van der Waals surface area (Å²) < 4.78 is 0. The molecule has 0 bridgehead atoms. The number of rotatable bonds is 14. The first-order valence-corrected chi connectivity index (χ1v) is 17.2. The maximum atomic E-state index is 10.6. The zero-order chi connectivity index (χ0) is 32.0. The van der Waals surface area contributed by atoms with Gasteiger partial charge in [0.25, 0.3) is 0 Å². The van der Waals surface area contributed by atoms with Gasteiger partial charge in [-0.2, -0.15) is 0 Å². The van der Waals surface area contributed by atoms with Gasteiger partial charge in [0.2, 0.25) is 0 Å². The summed E-state index contributed by atoms with van der Waals surface area (Å²) in [5.74, 6) is 0.921. The Morgan fingerprint density at radius 1 is 0.452 bits per heavy atom. The Bertz CT molecular complexity index is 992. The molecular formula is C40H68O2. The van der Waals surface area contributed by atoms with Gasteiger partial charge in [-0.05, 0) is 75.8 Å². The smallest absolute Gasteiger partial charge is 0.123 e. The molecule has 240 valence electrons. The molecule has 0 spiro atoms. The largest absolute Gasteiger partial charge is 0.508 e. The highest BCUT2D eigenvalue weighted by Crippen LogP contribution is 2.40. The molecule has 0 aliphatic rings. The first-order chi connectivity index (χ1) is 19.5. The van der Waals surface area contributed by atoms with E-state index in [1.165, 1.54) is 88.2 Å². The third-order valence-corrected chi connectivity index (χ3v) is 8.29. The fraction of sp³-hybridized carbons (Fsp3) is 0.700.